The molecule has 4 aromatic rings. The highest BCUT2D eigenvalue weighted by atomic mass is 16.5. The van der Waals surface area contributed by atoms with Gasteiger partial charge in [-0.2, -0.15) is 5.10 Å². The summed E-state index contributed by atoms with van der Waals surface area (Å²) in [4.78, 5) is 23.7. The van der Waals surface area contributed by atoms with Gasteiger partial charge in [0.1, 0.15) is 12.4 Å². The Hall–Kier alpha value is -3.95. The Bertz CT molecular complexity index is 1220. The number of rotatable bonds is 6. The summed E-state index contributed by atoms with van der Waals surface area (Å²) >= 11 is 0. The monoisotopic (exact) mass is 460 g/mol. The second-order valence-corrected chi connectivity index (χ2v) is 7.77. The first-order valence-corrected chi connectivity index (χ1v) is 10.7. The number of methoxy groups -OCH3 is 1. The second-order valence-electron chi connectivity index (χ2n) is 7.77. The van der Waals surface area contributed by atoms with Crippen molar-refractivity contribution in [1.82, 2.24) is 24.7 Å². The molecular formula is C25H28N6O3. The third-order valence-electron chi connectivity index (χ3n) is 5.14. The molecule has 0 bridgehead atoms. The highest BCUT2D eigenvalue weighted by Gasteiger charge is 2.16. The van der Waals surface area contributed by atoms with Gasteiger partial charge in [0.05, 0.1) is 16.9 Å². The fourth-order valence-electron chi connectivity index (χ4n) is 3.15. The third-order valence-corrected chi connectivity index (χ3v) is 5.14. The van der Waals surface area contributed by atoms with E-state index in [1.54, 1.807) is 42.5 Å². The standard InChI is InChI=1S/C19H19N3O3.C6H9N3/c1-12-4-6-14(7-5-12)15-8-16(19(23)24)10-17(9-15)22-18(13(2)25-3)20-11-21-22;1-5(7)6-4-8-2-3-9-6/h4-11,13H,1-3H3,(H,23,24);2-5H,7H2,1H3. The minimum absolute atomic E-state index is 0.0151. The van der Waals surface area contributed by atoms with Gasteiger partial charge < -0.3 is 15.6 Å². The summed E-state index contributed by atoms with van der Waals surface area (Å²) in [5.74, 6) is -0.378. The van der Waals surface area contributed by atoms with Crippen LogP contribution >= 0.6 is 0 Å². The van der Waals surface area contributed by atoms with Crippen LogP contribution < -0.4 is 5.73 Å². The molecule has 0 aliphatic rings. The van der Waals surface area contributed by atoms with Crippen LogP contribution in [-0.4, -0.2) is 42.9 Å². The number of aromatic carboxylic acids is 1. The first kappa shape index (κ1) is 24.7. The minimum atomic E-state index is -0.989. The van der Waals surface area contributed by atoms with Gasteiger partial charge in [0.15, 0.2) is 5.82 Å². The van der Waals surface area contributed by atoms with Gasteiger partial charge in [0.25, 0.3) is 0 Å². The van der Waals surface area contributed by atoms with E-state index >= 15 is 0 Å². The first-order chi connectivity index (χ1) is 16.3. The zero-order valence-corrected chi connectivity index (χ0v) is 19.6. The van der Waals surface area contributed by atoms with Crippen LogP contribution in [-0.2, 0) is 4.74 Å². The molecule has 2 aromatic heterocycles. The number of hydrogen-bond acceptors (Lipinski definition) is 7. The van der Waals surface area contributed by atoms with Crippen LogP contribution in [0.4, 0.5) is 0 Å². The quantitative estimate of drug-likeness (QED) is 0.439. The van der Waals surface area contributed by atoms with Crippen LogP contribution in [0, 0.1) is 6.92 Å². The number of aryl methyl sites for hydroxylation is 1. The van der Waals surface area contributed by atoms with E-state index in [1.807, 2.05) is 51.1 Å². The number of hydrogen-bond donors (Lipinski definition) is 2. The van der Waals surface area contributed by atoms with Crippen molar-refractivity contribution in [1.29, 1.82) is 0 Å². The van der Waals surface area contributed by atoms with Crippen LogP contribution in [0.3, 0.4) is 0 Å². The number of aromatic nitrogens is 5. The molecule has 2 atom stereocenters. The molecule has 0 saturated heterocycles. The predicted molar refractivity (Wildman–Crippen MR) is 129 cm³/mol. The average Bonchev–Trinajstić information content (AvgIpc) is 3.35. The molecule has 2 unspecified atom stereocenters. The van der Waals surface area contributed by atoms with Gasteiger partial charge in [-0.3, -0.25) is 9.97 Å². The van der Waals surface area contributed by atoms with Crippen LogP contribution in [0.1, 0.15) is 53.4 Å². The first-order valence-electron chi connectivity index (χ1n) is 10.7. The zero-order chi connectivity index (χ0) is 24.7. The summed E-state index contributed by atoms with van der Waals surface area (Å²) in [6.07, 6.45) is 6.11. The second kappa shape index (κ2) is 11.3. The Balaban J connectivity index is 0.000000302. The fraction of sp³-hybridized carbons (Fsp3) is 0.240. The van der Waals surface area contributed by atoms with E-state index in [4.69, 9.17) is 10.5 Å². The molecule has 0 saturated carbocycles. The Morgan fingerprint density at radius 2 is 1.79 bits per heavy atom. The van der Waals surface area contributed by atoms with Crippen LogP contribution in [0.25, 0.3) is 16.8 Å². The molecule has 0 radical (unpaired) electrons. The Morgan fingerprint density at radius 3 is 2.35 bits per heavy atom. The minimum Gasteiger partial charge on any atom is -0.478 e. The molecule has 34 heavy (non-hydrogen) atoms. The number of carbonyl (C=O) groups is 1. The fourth-order valence-corrected chi connectivity index (χ4v) is 3.15. The van der Waals surface area contributed by atoms with E-state index < -0.39 is 5.97 Å². The smallest absolute Gasteiger partial charge is 0.335 e. The van der Waals surface area contributed by atoms with Crippen LogP contribution in [0.5, 0.6) is 0 Å². The molecule has 4 rings (SSSR count). The van der Waals surface area contributed by atoms with Crippen molar-refractivity contribution in [3.8, 4) is 16.8 Å². The van der Waals surface area contributed by atoms with Gasteiger partial charge in [0.2, 0.25) is 0 Å². The normalized spacial score (nSPS) is 12.4. The topological polar surface area (TPSA) is 129 Å². The molecule has 0 aliphatic carbocycles. The van der Waals surface area contributed by atoms with E-state index in [1.165, 1.54) is 6.33 Å². The summed E-state index contributed by atoms with van der Waals surface area (Å²) in [5, 5.41) is 13.7. The Labute approximate surface area is 198 Å². The van der Waals surface area contributed by atoms with Crippen LogP contribution in [0.2, 0.25) is 0 Å². The van der Waals surface area contributed by atoms with Crippen molar-refractivity contribution in [3.63, 3.8) is 0 Å². The maximum Gasteiger partial charge on any atom is 0.335 e. The van der Waals surface area contributed by atoms with Crippen molar-refractivity contribution in [3.05, 3.63) is 90.0 Å². The SMILES string of the molecule is CC(N)c1cnccn1.COC(C)c1ncnn1-c1cc(C(=O)O)cc(-c2ccc(C)cc2)c1. The molecule has 2 aromatic carbocycles. The highest BCUT2D eigenvalue weighted by Crippen LogP contribution is 2.26. The number of carboxylic acids is 1. The van der Waals surface area contributed by atoms with Crippen molar-refractivity contribution < 1.29 is 14.6 Å². The number of benzene rings is 2. The third kappa shape index (κ3) is 6.09. The number of carboxylic acid groups (broad SMARTS) is 1. The number of nitrogens with zero attached hydrogens (tertiary/aromatic N) is 5. The van der Waals surface area contributed by atoms with Crippen molar-refractivity contribution >= 4 is 5.97 Å². The number of ether oxygens (including phenoxy) is 1. The van der Waals surface area contributed by atoms with E-state index in [2.05, 4.69) is 20.1 Å². The Kier molecular flexibility index (Phi) is 8.18. The van der Waals surface area contributed by atoms with Gasteiger partial charge in [-0.25, -0.2) is 14.5 Å². The lowest BCUT2D eigenvalue weighted by molar-refractivity contribution is 0.0697. The van der Waals surface area contributed by atoms with Gasteiger partial charge >= 0.3 is 5.97 Å². The summed E-state index contributed by atoms with van der Waals surface area (Å²) in [7, 11) is 1.59. The van der Waals surface area contributed by atoms with Crippen molar-refractivity contribution in [2.75, 3.05) is 7.11 Å². The molecule has 0 spiro atoms. The molecule has 9 heteroatoms. The zero-order valence-electron chi connectivity index (χ0n) is 19.6. The van der Waals surface area contributed by atoms with Crippen molar-refractivity contribution in [2.24, 2.45) is 5.73 Å². The molecule has 176 valence electrons. The van der Waals surface area contributed by atoms with Gasteiger partial charge in [-0.15, -0.1) is 0 Å². The molecule has 0 fully saturated rings. The molecule has 3 N–H and O–H groups in total. The molecule has 9 nitrogen and oxygen atoms in total. The predicted octanol–water partition coefficient (Wildman–Crippen LogP) is 4.14. The van der Waals surface area contributed by atoms with E-state index in [-0.39, 0.29) is 17.7 Å². The summed E-state index contributed by atoms with van der Waals surface area (Å²) in [5.41, 5.74) is 10.1. The maximum absolute atomic E-state index is 11.6. The number of nitrogens with two attached hydrogens (primary N) is 1. The largest absolute Gasteiger partial charge is 0.478 e. The lowest BCUT2D eigenvalue weighted by Crippen LogP contribution is -2.09. The van der Waals surface area contributed by atoms with Gasteiger partial charge in [-0.1, -0.05) is 29.8 Å². The molecule has 0 amide bonds. The maximum atomic E-state index is 11.6. The highest BCUT2D eigenvalue weighted by molar-refractivity contribution is 5.90. The lowest BCUT2D eigenvalue weighted by Gasteiger charge is -2.13. The van der Waals surface area contributed by atoms with E-state index in [9.17, 15) is 9.90 Å². The molecular weight excluding hydrogens is 432 g/mol. The van der Waals surface area contributed by atoms with E-state index in [0.717, 1.165) is 22.4 Å². The average molecular weight is 461 g/mol. The Morgan fingerprint density at radius 1 is 1.06 bits per heavy atom. The molecule has 2 heterocycles. The summed E-state index contributed by atoms with van der Waals surface area (Å²) in [6, 6.07) is 13.1. The molecule has 0 aliphatic heterocycles. The summed E-state index contributed by atoms with van der Waals surface area (Å²) in [6.45, 7) is 5.75. The van der Waals surface area contributed by atoms with E-state index in [0.29, 0.717) is 11.5 Å². The van der Waals surface area contributed by atoms with Gasteiger partial charge in [0, 0.05) is 31.7 Å². The summed E-state index contributed by atoms with van der Waals surface area (Å²) < 4.78 is 6.93. The lowest BCUT2D eigenvalue weighted by atomic mass is 10.0. The van der Waals surface area contributed by atoms with Gasteiger partial charge in [-0.05, 0) is 50.1 Å². The van der Waals surface area contributed by atoms with Crippen molar-refractivity contribution in [2.45, 2.75) is 32.9 Å². The van der Waals surface area contributed by atoms with Crippen LogP contribution in [0.15, 0.2) is 67.4 Å².